The lowest BCUT2D eigenvalue weighted by Gasteiger charge is -2.36. The minimum absolute atomic E-state index is 0.388. The summed E-state index contributed by atoms with van der Waals surface area (Å²) in [5.41, 5.74) is 3.12. The highest BCUT2D eigenvalue weighted by Gasteiger charge is 2.22. The molecule has 0 N–H and O–H groups in total. The first-order valence-electron chi connectivity index (χ1n) is 8.17. The van der Waals surface area contributed by atoms with Crippen molar-refractivity contribution in [3.63, 3.8) is 0 Å². The van der Waals surface area contributed by atoms with Crippen molar-refractivity contribution in [1.82, 2.24) is 9.97 Å². The van der Waals surface area contributed by atoms with E-state index in [0.29, 0.717) is 11.5 Å². The fraction of sp³-hybridized carbons (Fsp3) is 0.211. The Hall–Kier alpha value is -2.84. The molecule has 0 saturated carbocycles. The van der Waals surface area contributed by atoms with E-state index in [4.69, 9.17) is 11.6 Å². The van der Waals surface area contributed by atoms with E-state index in [0.717, 1.165) is 47.9 Å². The van der Waals surface area contributed by atoms with Gasteiger partial charge in [0.05, 0.1) is 11.0 Å². The summed E-state index contributed by atoms with van der Waals surface area (Å²) in [5.74, 6) is 0.678. The maximum absolute atomic E-state index is 9.46. The quantitative estimate of drug-likeness (QED) is 0.709. The third kappa shape index (κ3) is 3.09. The number of benzene rings is 2. The van der Waals surface area contributed by atoms with Crippen LogP contribution >= 0.6 is 11.6 Å². The molecule has 124 valence electrons. The Morgan fingerprint density at radius 3 is 2.08 bits per heavy atom. The van der Waals surface area contributed by atoms with Crippen LogP contribution in [-0.2, 0) is 0 Å². The molecule has 0 atom stereocenters. The first kappa shape index (κ1) is 15.7. The number of nitrogens with zero attached hydrogens (tertiary/aromatic N) is 5. The lowest BCUT2D eigenvalue weighted by atomic mass is 10.2. The third-order valence-corrected chi connectivity index (χ3v) is 4.68. The van der Waals surface area contributed by atoms with Gasteiger partial charge >= 0.3 is 0 Å². The highest BCUT2D eigenvalue weighted by Crippen LogP contribution is 2.24. The molecule has 3 aromatic rings. The number of aromatic nitrogens is 2. The van der Waals surface area contributed by atoms with Gasteiger partial charge in [-0.3, -0.25) is 0 Å². The van der Waals surface area contributed by atoms with Crippen molar-refractivity contribution in [3.05, 3.63) is 59.2 Å². The summed E-state index contributed by atoms with van der Waals surface area (Å²) in [5, 5.41) is 10.2. The predicted molar refractivity (Wildman–Crippen MR) is 100 cm³/mol. The molecule has 2 heterocycles. The minimum atomic E-state index is 0.388. The lowest BCUT2D eigenvalue weighted by molar-refractivity contribution is 0.646. The average Bonchev–Trinajstić information content (AvgIpc) is 2.67. The summed E-state index contributed by atoms with van der Waals surface area (Å²) in [7, 11) is 0. The van der Waals surface area contributed by atoms with Crippen molar-refractivity contribution < 1.29 is 0 Å². The van der Waals surface area contributed by atoms with E-state index in [-0.39, 0.29) is 0 Å². The highest BCUT2D eigenvalue weighted by atomic mass is 35.5. The van der Waals surface area contributed by atoms with Crippen LogP contribution in [0.15, 0.2) is 48.5 Å². The minimum Gasteiger partial charge on any atom is -0.368 e. The molecular formula is C19H16ClN5. The molecule has 1 saturated heterocycles. The van der Waals surface area contributed by atoms with Gasteiger partial charge in [-0.15, -0.1) is 0 Å². The Morgan fingerprint density at radius 2 is 1.44 bits per heavy atom. The van der Waals surface area contributed by atoms with Gasteiger partial charge in [0.1, 0.15) is 6.07 Å². The van der Waals surface area contributed by atoms with Crippen molar-refractivity contribution in [2.45, 2.75) is 0 Å². The molecule has 4 rings (SSSR count). The van der Waals surface area contributed by atoms with Crippen LogP contribution in [-0.4, -0.2) is 36.1 Å². The van der Waals surface area contributed by atoms with Gasteiger partial charge in [-0.2, -0.15) is 5.26 Å². The van der Waals surface area contributed by atoms with Gasteiger partial charge in [0, 0.05) is 36.9 Å². The predicted octanol–water partition coefficient (Wildman–Crippen LogP) is 3.48. The zero-order chi connectivity index (χ0) is 17.2. The number of rotatable bonds is 2. The number of fused-ring (bicyclic) bond motifs is 1. The number of hydrogen-bond acceptors (Lipinski definition) is 5. The smallest absolute Gasteiger partial charge is 0.183 e. The van der Waals surface area contributed by atoms with E-state index >= 15 is 0 Å². The summed E-state index contributed by atoms with van der Waals surface area (Å²) >= 11 is 5.96. The number of hydrogen-bond donors (Lipinski definition) is 0. The maximum atomic E-state index is 9.46. The Labute approximate surface area is 151 Å². The number of anilines is 2. The second kappa shape index (κ2) is 6.58. The van der Waals surface area contributed by atoms with Crippen LogP contribution in [0.3, 0.4) is 0 Å². The van der Waals surface area contributed by atoms with Crippen LogP contribution in [0, 0.1) is 11.3 Å². The van der Waals surface area contributed by atoms with Crippen LogP contribution in [0.2, 0.25) is 5.02 Å². The van der Waals surface area contributed by atoms with Crippen LogP contribution in [0.4, 0.5) is 11.5 Å². The second-order valence-corrected chi connectivity index (χ2v) is 6.38. The molecule has 0 radical (unpaired) electrons. The zero-order valence-corrected chi connectivity index (χ0v) is 14.3. The summed E-state index contributed by atoms with van der Waals surface area (Å²) in [6, 6.07) is 17.7. The lowest BCUT2D eigenvalue weighted by Crippen LogP contribution is -2.47. The van der Waals surface area contributed by atoms with Gasteiger partial charge in [-0.1, -0.05) is 23.7 Å². The van der Waals surface area contributed by atoms with E-state index in [1.54, 1.807) is 0 Å². The van der Waals surface area contributed by atoms with Crippen molar-refractivity contribution in [2.24, 2.45) is 0 Å². The van der Waals surface area contributed by atoms with Gasteiger partial charge < -0.3 is 9.80 Å². The van der Waals surface area contributed by atoms with Crippen LogP contribution in [0.1, 0.15) is 5.69 Å². The molecule has 0 unspecified atom stereocenters. The fourth-order valence-electron chi connectivity index (χ4n) is 3.11. The molecule has 0 spiro atoms. The molecule has 0 amide bonds. The molecule has 0 aliphatic carbocycles. The molecule has 1 fully saturated rings. The number of nitriles is 1. The second-order valence-electron chi connectivity index (χ2n) is 5.95. The first-order valence-corrected chi connectivity index (χ1v) is 8.55. The fourth-order valence-corrected chi connectivity index (χ4v) is 3.24. The van der Waals surface area contributed by atoms with Gasteiger partial charge in [-0.05, 0) is 36.4 Å². The summed E-state index contributed by atoms with van der Waals surface area (Å²) < 4.78 is 0. The van der Waals surface area contributed by atoms with Gasteiger partial charge in [0.15, 0.2) is 11.5 Å². The van der Waals surface area contributed by atoms with Crippen LogP contribution < -0.4 is 9.80 Å². The van der Waals surface area contributed by atoms with Crippen LogP contribution in [0.25, 0.3) is 11.0 Å². The number of piperazine rings is 1. The van der Waals surface area contributed by atoms with Crippen molar-refractivity contribution in [2.75, 3.05) is 36.0 Å². The van der Waals surface area contributed by atoms with E-state index in [1.807, 2.05) is 48.5 Å². The monoisotopic (exact) mass is 349 g/mol. The largest absolute Gasteiger partial charge is 0.368 e. The van der Waals surface area contributed by atoms with Gasteiger partial charge in [-0.25, -0.2) is 9.97 Å². The van der Waals surface area contributed by atoms with Gasteiger partial charge in [0.25, 0.3) is 0 Å². The molecule has 5 nitrogen and oxygen atoms in total. The normalized spacial score (nSPS) is 14.6. The molecule has 0 bridgehead atoms. The van der Waals surface area contributed by atoms with Crippen molar-refractivity contribution in [3.8, 4) is 6.07 Å². The molecule has 1 aliphatic rings. The molecule has 25 heavy (non-hydrogen) atoms. The summed E-state index contributed by atoms with van der Waals surface area (Å²) in [6.07, 6.45) is 0. The molecule has 2 aromatic carbocycles. The summed E-state index contributed by atoms with van der Waals surface area (Å²) in [4.78, 5) is 13.6. The Bertz CT molecular complexity index is 940. The summed E-state index contributed by atoms with van der Waals surface area (Å²) in [6.45, 7) is 3.32. The SMILES string of the molecule is N#Cc1nc2ccccc2nc1N1CCN(c2ccc(Cl)cc2)CC1. The van der Waals surface area contributed by atoms with Crippen molar-refractivity contribution in [1.29, 1.82) is 5.26 Å². The standard InChI is InChI=1S/C19H16ClN5/c20-14-5-7-15(8-6-14)24-9-11-25(12-10-24)19-18(13-21)22-16-3-1-2-4-17(16)23-19/h1-8H,9-12H2. The van der Waals surface area contributed by atoms with Gasteiger partial charge in [0.2, 0.25) is 0 Å². The number of para-hydroxylation sites is 2. The number of halogens is 1. The third-order valence-electron chi connectivity index (χ3n) is 4.43. The van der Waals surface area contributed by atoms with E-state index < -0.39 is 0 Å². The Balaban J connectivity index is 1.57. The van der Waals surface area contributed by atoms with E-state index in [9.17, 15) is 5.26 Å². The van der Waals surface area contributed by atoms with Crippen molar-refractivity contribution >= 4 is 34.1 Å². The van der Waals surface area contributed by atoms with E-state index in [1.165, 1.54) is 0 Å². The average molecular weight is 350 g/mol. The molecule has 1 aliphatic heterocycles. The topological polar surface area (TPSA) is 56.1 Å². The molecular weight excluding hydrogens is 334 g/mol. The maximum Gasteiger partial charge on any atom is 0.183 e. The van der Waals surface area contributed by atoms with Crippen LogP contribution in [0.5, 0.6) is 0 Å². The Kier molecular flexibility index (Phi) is 4.12. The van der Waals surface area contributed by atoms with E-state index in [2.05, 4.69) is 25.8 Å². The molecule has 1 aromatic heterocycles. The zero-order valence-electron chi connectivity index (χ0n) is 13.6. The first-order chi connectivity index (χ1) is 12.2. The Morgan fingerprint density at radius 1 is 0.840 bits per heavy atom. The highest BCUT2D eigenvalue weighted by molar-refractivity contribution is 6.30. The molecule has 6 heteroatoms.